The van der Waals surface area contributed by atoms with Gasteiger partial charge in [0.1, 0.15) is 5.82 Å². The van der Waals surface area contributed by atoms with E-state index in [4.69, 9.17) is 11.6 Å². The SMILES string of the molecule is CCC1CCCC(C#N)(Cc2cc(F)ccc2Cl)C1. The molecule has 2 atom stereocenters. The molecule has 0 aromatic heterocycles. The zero-order valence-electron chi connectivity index (χ0n) is 11.3. The molecule has 19 heavy (non-hydrogen) atoms. The molecule has 0 bridgehead atoms. The molecule has 0 amide bonds. The van der Waals surface area contributed by atoms with Crippen LogP contribution in [0.4, 0.5) is 4.39 Å². The number of rotatable bonds is 3. The number of halogens is 2. The Morgan fingerprint density at radius 3 is 3.00 bits per heavy atom. The molecule has 1 nitrogen and oxygen atoms in total. The van der Waals surface area contributed by atoms with Crippen molar-refractivity contribution in [3.63, 3.8) is 0 Å². The van der Waals surface area contributed by atoms with Crippen molar-refractivity contribution in [1.82, 2.24) is 0 Å². The Kier molecular flexibility index (Phi) is 4.47. The Balaban J connectivity index is 2.23. The lowest BCUT2D eigenvalue weighted by atomic mass is 9.67. The lowest BCUT2D eigenvalue weighted by Gasteiger charge is -2.35. The molecule has 2 rings (SSSR count). The van der Waals surface area contributed by atoms with E-state index < -0.39 is 0 Å². The maximum Gasteiger partial charge on any atom is 0.123 e. The summed E-state index contributed by atoms with van der Waals surface area (Å²) in [7, 11) is 0. The smallest absolute Gasteiger partial charge is 0.123 e. The molecule has 1 aliphatic rings. The fraction of sp³-hybridized carbons (Fsp3) is 0.562. The topological polar surface area (TPSA) is 23.8 Å². The van der Waals surface area contributed by atoms with E-state index >= 15 is 0 Å². The van der Waals surface area contributed by atoms with Gasteiger partial charge in [0.15, 0.2) is 0 Å². The molecule has 0 saturated heterocycles. The molecule has 0 spiro atoms. The second-order valence-corrected chi connectivity index (χ2v) is 6.08. The van der Waals surface area contributed by atoms with Crippen LogP contribution in [0, 0.1) is 28.5 Å². The van der Waals surface area contributed by atoms with Crippen molar-refractivity contribution in [2.75, 3.05) is 0 Å². The molecule has 2 unspecified atom stereocenters. The predicted octanol–water partition coefficient (Wildman–Crippen LogP) is 5.13. The van der Waals surface area contributed by atoms with E-state index in [1.54, 1.807) is 6.07 Å². The van der Waals surface area contributed by atoms with Crippen LogP contribution in [0.1, 0.15) is 44.6 Å². The van der Waals surface area contributed by atoms with Gasteiger partial charge in [0.05, 0.1) is 11.5 Å². The van der Waals surface area contributed by atoms with E-state index in [0.29, 0.717) is 17.4 Å². The number of hydrogen-bond acceptors (Lipinski definition) is 1. The van der Waals surface area contributed by atoms with Gasteiger partial charge in [0, 0.05) is 5.02 Å². The second-order valence-electron chi connectivity index (χ2n) is 5.68. The molecule has 1 aromatic rings. The van der Waals surface area contributed by atoms with Crippen LogP contribution in [-0.2, 0) is 6.42 Å². The first-order chi connectivity index (χ1) is 9.08. The fourth-order valence-corrected chi connectivity index (χ4v) is 3.36. The first-order valence-electron chi connectivity index (χ1n) is 6.94. The van der Waals surface area contributed by atoms with Crippen molar-refractivity contribution in [2.45, 2.75) is 45.4 Å². The van der Waals surface area contributed by atoms with Crippen LogP contribution < -0.4 is 0 Å². The van der Waals surface area contributed by atoms with Crippen molar-refractivity contribution in [2.24, 2.45) is 11.3 Å². The monoisotopic (exact) mass is 279 g/mol. The minimum atomic E-state index is -0.365. The van der Waals surface area contributed by atoms with Gasteiger partial charge in [0.2, 0.25) is 0 Å². The van der Waals surface area contributed by atoms with Crippen molar-refractivity contribution < 1.29 is 4.39 Å². The highest BCUT2D eigenvalue weighted by atomic mass is 35.5. The van der Waals surface area contributed by atoms with E-state index in [1.165, 1.54) is 18.6 Å². The highest BCUT2D eigenvalue weighted by Crippen LogP contribution is 2.43. The molecule has 1 saturated carbocycles. The van der Waals surface area contributed by atoms with Crippen LogP contribution in [0.3, 0.4) is 0 Å². The molecule has 1 fully saturated rings. The number of nitriles is 1. The molecule has 102 valence electrons. The average Bonchev–Trinajstić information content (AvgIpc) is 2.43. The average molecular weight is 280 g/mol. The van der Waals surface area contributed by atoms with Crippen molar-refractivity contribution in [3.05, 3.63) is 34.6 Å². The summed E-state index contributed by atoms with van der Waals surface area (Å²) in [6.45, 7) is 2.17. The third-order valence-electron chi connectivity index (χ3n) is 4.30. The second kappa shape index (κ2) is 5.92. The number of benzene rings is 1. The third kappa shape index (κ3) is 3.28. The van der Waals surface area contributed by atoms with Crippen LogP contribution in [0.15, 0.2) is 18.2 Å². The molecule has 1 aliphatic carbocycles. The first kappa shape index (κ1) is 14.3. The Bertz CT molecular complexity index is 494. The summed E-state index contributed by atoms with van der Waals surface area (Å²) in [5.41, 5.74) is 0.399. The standard InChI is InChI=1S/C16H19ClFN/c1-2-12-4-3-7-16(9-12,11-19)10-13-8-14(18)5-6-15(13)17/h5-6,8,12H,2-4,7,9-10H2,1H3. The Morgan fingerprint density at radius 2 is 2.32 bits per heavy atom. The van der Waals surface area contributed by atoms with Crippen LogP contribution in [-0.4, -0.2) is 0 Å². The molecule has 0 aliphatic heterocycles. The zero-order valence-corrected chi connectivity index (χ0v) is 12.0. The lowest BCUT2D eigenvalue weighted by Crippen LogP contribution is -2.29. The maximum absolute atomic E-state index is 13.3. The van der Waals surface area contributed by atoms with E-state index in [2.05, 4.69) is 13.0 Å². The van der Waals surface area contributed by atoms with Gasteiger partial charge < -0.3 is 0 Å². The molecule has 0 heterocycles. The quantitative estimate of drug-likeness (QED) is 0.752. The van der Waals surface area contributed by atoms with Gasteiger partial charge in [-0.25, -0.2) is 4.39 Å². The molecule has 0 radical (unpaired) electrons. The van der Waals surface area contributed by atoms with Crippen molar-refractivity contribution >= 4 is 11.6 Å². The predicted molar refractivity (Wildman–Crippen MR) is 75.4 cm³/mol. The van der Waals surface area contributed by atoms with E-state index in [-0.39, 0.29) is 11.2 Å². The summed E-state index contributed by atoms with van der Waals surface area (Å²) in [6.07, 6.45) is 5.77. The normalized spacial score (nSPS) is 26.9. The Labute approximate surface area is 119 Å². The van der Waals surface area contributed by atoms with Gasteiger partial charge in [-0.15, -0.1) is 0 Å². The van der Waals surface area contributed by atoms with E-state index in [0.717, 1.165) is 31.2 Å². The summed E-state index contributed by atoms with van der Waals surface area (Å²) in [6, 6.07) is 6.91. The van der Waals surface area contributed by atoms with Crippen LogP contribution in [0.5, 0.6) is 0 Å². The molecule has 0 N–H and O–H groups in total. The van der Waals surface area contributed by atoms with E-state index in [9.17, 15) is 9.65 Å². The van der Waals surface area contributed by atoms with Gasteiger partial charge in [0.25, 0.3) is 0 Å². The minimum absolute atomic E-state index is 0.282. The van der Waals surface area contributed by atoms with Gasteiger partial charge in [-0.3, -0.25) is 0 Å². The highest BCUT2D eigenvalue weighted by Gasteiger charge is 2.36. The number of hydrogen-bond donors (Lipinski definition) is 0. The van der Waals surface area contributed by atoms with Crippen LogP contribution in [0.2, 0.25) is 5.02 Å². The Morgan fingerprint density at radius 1 is 1.53 bits per heavy atom. The zero-order chi connectivity index (χ0) is 13.9. The summed E-state index contributed by atoms with van der Waals surface area (Å²) < 4.78 is 13.3. The van der Waals surface area contributed by atoms with Gasteiger partial charge in [-0.1, -0.05) is 37.8 Å². The molecular weight excluding hydrogens is 261 g/mol. The summed E-state index contributed by atoms with van der Waals surface area (Å²) in [5.74, 6) is 0.330. The Hall–Kier alpha value is -1.07. The summed E-state index contributed by atoms with van der Waals surface area (Å²) >= 11 is 6.13. The molecule has 3 heteroatoms. The minimum Gasteiger partial charge on any atom is -0.207 e. The van der Waals surface area contributed by atoms with Crippen molar-refractivity contribution in [3.8, 4) is 6.07 Å². The van der Waals surface area contributed by atoms with Gasteiger partial charge >= 0.3 is 0 Å². The maximum atomic E-state index is 13.3. The largest absolute Gasteiger partial charge is 0.207 e. The summed E-state index contributed by atoms with van der Waals surface area (Å²) in [4.78, 5) is 0. The lowest BCUT2D eigenvalue weighted by molar-refractivity contribution is 0.194. The first-order valence-corrected chi connectivity index (χ1v) is 7.31. The van der Waals surface area contributed by atoms with Gasteiger partial charge in [-0.05, 0) is 48.9 Å². The number of nitrogens with zero attached hydrogens (tertiary/aromatic N) is 1. The molecule has 1 aromatic carbocycles. The van der Waals surface area contributed by atoms with Crippen LogP contribution >= 0.6 is 11.6 Å². The molecular formula is C16H19ClFN. The highest BCUT2D eigenvalue weighted by molar-refractivity contribution is 6.31. The third-order valence-corrected chi connectivity index (χ3v) is 4.67. The van der Waals surface area contributed by atoms with Crippen LogP contribution in [0.25, 0.3) is 0 Å². The van der Waals surface area contributed by atoms with E-state index in [1.807, 2.05) is 0 Å². The summed E-state index contributed by atoms with van der Waals surface area (Å²) in [5, 5.41) is 10.2. The fourth-order valence-electron chi connectivity index (χ4n) is 3.18. The van der Waals surface area contributed by atoms with Gasteiger partial charge in [-0.2, -0.15) is 5.26 Å². The van der Waals surface area contributed by atoms with Crippen molar-refractivity contribution in [1.29, 1.82) is 5.26 Å².